The van der Waals surface area contributed by atoms with Gasteiger partial charge in [-0.3, -0.25) is 9.59 Å². The second kappa shape index (κ2) is 58.0. The average Bonchev–Trinajstić information content (AvgIpc) is 3.32. The Labute approximate surface area is 413 Å². The number of hydrogen-bond donors (Lipinski definition) is 1. The second-order valence-corrected chi connectivity index (χ2v) is 20.8. The summed E-state index contributed by atoms with van der Waals surface area (Å²) in [4.78, 5) is 24.5. The fourth-order valence-electron chi connectivity index (χ4n) is 9.50. The minimum atomic E-state index is -0.768. The minimum absolute atomic E-state index is 0.0592. The zero-order chi connectivity index (χ0) is 47.7. The largest absolute Gasteiger partial charge is 0.462 e. The number of rotatable bonds is 57. The van der Waals surface area contributed by atoms with Gasteiger partial charge in [-0.2, -0.15) is 0 Å². The molecule has 0 aliphatic rings. The predicted octanol–water partition coefficient (Wildman–Crippen LogP) is 20.3. The molecule has 1 atom stereocenters. The second-order valence-electron chi connectivity index (χ2n) is 20.8. The molecular formula is C61H118O5. The zero-order valence-corrected chi connectivity index (χ0v) is 45.0. The maximum atomic E-state index is 12.3. The molecule has 1 unspecified atom stereocenters. The Morgan fingerprint density at radius 2 is 0.561 bits per heavy atom. The average molecular weight is 932 g/mol. The van der Waals surface area contributed by atoms with Crippen LogP contribution in [0.3, 0.4) is 0 Å². The van der Waals surface area contributed by atoms with Crippen molar-refractivity contribution in [1.29, 1.82) is 0 Å². The van der Waals surface area contributed by atoms with Crippen molar-refractivity contribution in [2.45, 2.75) is 354 Å². The number of hydrogen-bond acceptors (Lipinski definition) is 5. The maximum absolute atomic E-state index is 12.3. The number of aliphatic hydroxyl groups is 1. The van der Waals surface area contributed by atoms with Gasteiger partial charge in [0.2, 0.25) is 0 Å². The highest BCUT2D eigenvalue weighted by molar-refractivity contribution is 5.70. The lowest BCUT2D eigenvalue weighted by atomic mass is 10.0. The summed E-state index contributed by atoms with van der Waals surface area (Å²) < 4.78 is 10.7. The van der Waals surface area contributed by atoms with Crippen LogP contribution in [-0.4, -0.2) is 36.4 Å². The van der Waals surface area contributed by atoms with Crippen LogP contribution in [0.1, 0.15) is 348 Å². The Balaban J connectivity index is 3.39. The van der Waals surface area contributed by atoms with E-state index in [2.05, 4.69) is 26.0 Å². The number of carbonyl (C=O) groups excluding carboxylic acids is 2. The van der Waals surface area contributed by atoms with Gasteiger partial charge in [-0.1, -0.05) is 309 Å². The highest BCUT2D eigenvalue weighted by Gasteiger charge is 2.16. The molecule has 0 spiro atoms. The van der Waals surface area contributed by atoms with E-state index < -0.39 is 6.10 Å². The Kier molecular flexibility index (Phi) is 56.8. The Morgan fingerprint density at radius 1 is 0.333 bits per heavy atom. The Hall–Kier alpha value is -1.36. The van der Waals surface area contributed by atoms with Crippen molar-refractivity contribution in [1.82, 2.24) is 0 Å². The lowest BCUT2D eigenvalue weighted by molar-refractivity contribution is -0.161. The number of esters is 2. The first-order chi connectivity index (χ1) is 32.6. The van der Waals surface area contributed by atoms with Gasteiger partial charge in [0.1, 0.15) is 6.61 Å². The van der Waals surface area contributed by atoms with E-state index in [1.54, 1.807) is 0 Å². The van der Waals surface area contributed by atoms with Gasteiger partial charge in [0, 0.05) is 12.8 Å². The SMILES string of the molecule is CCCCCCCCCC/C=C\CCCCCCCCCCCC(=O)OC(CO)COC(=O)CCCCCCCCCCCCCCCCCCCCCCCCCCCCCCCCC. The maximum Gasteiger partial charge on any atom is 0.306 e. The molecule has 0 aromatic carbocycles. The molecule has 0 saturated heterocycles. The third-order valence-electron chi connectivity index (χ3n) is 14.1. The van der Waals surface area contributed by atoms with Gasteiger partial charge in [-0.05, 0) is 38.5 Å². The van der Waals surface area contributed by atoms with Crippen molar-refractivity contribution in [2.75, 3.05) is 13.2 Å². The van der Waals surface area contributed by atoms with Crippen LogP contribution in [-0.2, 0) is 19.1 Å². The first-order valence-electron chi connectivity index (χ1n) is 30.2. The van der Waals surface area contributed by atoms with Gasteiger partial charge in [0.15, 0.2) is 6.10 Å². The van der Waals surface area contributed by atoms with Crippen molar-refractivity contribution >= 4 is 11.9 Å². The van der Waals surface area contributed by atoms with Crippen LogP contribution in [0.4, 0.5) is 0 Å². The van der Waals surface area contributed by atoms with Crippen LogP contribution in [0.5, 0.6) is 0 Å². The van der Waals surface area contributed by atoms with Crippen molar-refractivity contribution in [3.05, 3.63) is 12.2 Å². The van der Waals surface area contributed by atoms with Crippen molar-refractivity contribution in [3.8, 4) is 0 Å². The quantitative estimate of drug-likeness (QED) is 0.0374. The van der Waals surface area contributed by atoms with Gasteiger partial charge in [0.05, 0.1) is 6.61 Å². The third-order valence-corrected chi connectivity index (χ3v) is 14.1. The Morgan fingerprint density at radius 3 is 0.818 bits per heavy atom. The molecule has 0 amide bonds. The van der Waals surface area contributed by atoms with E-state index >= 15 is 0 Å². The Bertz CT molecular complexity index is 963. The minimum Gasteiger partial charge on any atom is -0.462 e. The zero-order valence-electron chi connectivity index (χ0n) is 45.0. The van der Waals surface area contributed by atoms with Gasteiger partial charge in [-0.15, -0.1) is 0 Å². The van der Waals surface area contributed by atoms with Crippen LogP contribution in [0, 0.1) is 0 Å². The molecule has 5 heteroatoms. The lowest BCUT2D eigenvalue weighted by Gasteiger charge is -2.15. The molecule has 1 N–H and O–H groups in total. The van der Waals surface area contributed by atoms with Crippen molar-refractivity contribution < 1.29 is 24.2 Å². The summed E-state index contributed by atoms with van der Waals surface area (Å²) >= 11 is 0. The summed E-state index contributed by atoms with van der Waals surface area (Å²) in [6.45, 7) is 4.20. The smallest absolute Gasteiger partial charge is 0.306 e. The molecule has 0 rings (SSSR count). The number of aliphatic hydroxyl groups excluding tert-OH is 1. The van der Waals surface area contributed by atoms with Gasteiger partial charge in [-0.25, -0.2) is 0 Å². The summed E-state index contributed by atoms with van der Waals surface area (Å²) in [5.41, 5.74) is 0. The van der Waals surface area contributed by atoms with Crippen LogP contribution in [0.25, 0.3) is 0 Å². The van der Waals surface area contributed by atoms with Crippen LogP contribution in [0.2, 0.25) is 0 Å². The molecule has 0 aliphatic carbocycles. The number of ether oxygens (including phenoxy) is 2. The molecule has 0 bridgehead atoms. The highest BCUT2D eigenvalue weighted by Crippen LogP contribution is 2.18. The summed E-state index contributed by atoms with van der Waals surface area (Å²) in [6.07, 6.45) is 72.1. The van der Waals surface area contributed by atoms with Crippen LogP contribution in [0.15, 0.2) is 12.2 Å². The predicted molar refractivity (Wildman–Crippen MR) is 288 cm³/mol. The first-order valence-corrected chi connectivity index (χ1v) is 30.2. The number of unbranched alkanes of at least 4 members (excludes halogenated alkanes) is 47. The fraction of sp³-hybridized carbons (Fsp3) is 0.934. The summed E-state index contributed by atoms with van der Waals surface area (Å²) in [5, 5.41) is 9.66. The van der Waals surface area contributed by atoms with Crippen LogP contribution < -0.4 is 0 Å². The molecule has 392 valence electrons. The van der Waals surface area contributed by atoms with E-state index in [1.807, 2.05) is 0 Å². The molecule has 5 nitrogen and oxygen atoms in total. The molecule has 0 fully saturated rings. The summed E-state index contributed by atoms with van der Waals surface area (Å²) in [6, 6.07) is 0. The first kappa shape index (κ1) is 64.6. The monoisotopic (exact) mass is 931 g/mol. The topological polar surface area (TPSA) is 72.8 Å². The molecule has 0 radical (unpaired) electrons. The fourth-order valence-corrected chi connectivity index (χ4v) is 9.50. The van der Waals surface area contributed by atoms with E-state index in [9.17, 15) is 14.7 Å². The third kappa shape index (κ3) is 55.2. The molecule has 0 heterocycles. The van der Waals surface area contributed by atoms with E-state index in [-0.39, 0.29) is 25.2 Å². The van der Waals surface area contributed by atoms with E-state index in [1.165, 1.54) is 289 Å². The van der Waals surface area contributed by atoms with Crippen LogP contribution >= 0.6 is 0 Å². The number of carbonyl (C=O) groups is 2. The standard InChI is InChI=1S/C61H118O5/c1-3-5-7-9-11-13-15-17-19-21-23-25-26-27-28-29-30-31-32-33-34-36-37-39-41-43-45-47-49-51-53-55-60(63)65-58-59(57-62)66-61(64)56-54-52-50-48-46-44-42-40-38-35-24-22-20-18-16-14-12-10-8-6-4-2/h22,24,59,62H,3-21,23,25-58H2,1-2H3/b24-22-. The molecule has 0 saturated carbocycles. The van der Waals surface area contributed by atoms with Crippen molar-refractivity contribution in [2.24, 2.45) is 0 Å². The molecule has 66 heavy (non-hydrogen) atoms. The lowest BCUT2D eigenvalue weighted by Crippen LogP contribution is -2.28. The van der Waals surface area contributed by atoms with E-state index in [0.29, 0.717) is 12.8 Å². The molecular weight excluding hydrogens is 813 g/mol. The summed E-state index contributed by atoms with van der Waals surface area (Å²) in [7, 11) is 0. The highest BCUT2D eigenvalue weighted by atomic mass is 16.6. The van der Waals surface area contributed by atoms with E-state index in [0.717, 1.165) is 32.1 Å². The van der Waals surface area contributed by atoms with E-state index in [4.69, 9.17) is 9.47 Å². The number of allylic oxidation sites excluding steroid dienone is 2. The molecule has 0 aliphatic heterocycles. The van der Waals surface area contributed by atoms with Gasteiger partial charge < -0.3 is 14.6 Å². The summed E-state index contributed by atoms with van der Waals surface area (Å²) in [5.74, 6) is -0.570. The molecule has 0 aromatic heterocycles. The normalized spacial score (nSPS) is 12.1. The van der Waals surface area contributed by atoms with Gasteiger partial charge in [0.25, 0.3) is 0 Å². The molecule has 0 aromatic rings. The van der Waals surface area contributed by atoms with Gasteiger partial charge >= 0.3 is 11.9 Å². The van der Waals surface area contributed by atoms with Crippen molar-refractivity contribution in [3.63, 3.8) is 0 Å².